The minimum atomic E-state index is -0.227. The lowest BCUT2D eigenvalue weighted by atomic mass is 9.77. The Morgan fingerprint density at radius 1 is 1.77 bits per heavy atom. The van der Waals surface area contributed by atoms with E-state index >= 15 is 0 Å². The molecule has 4 unspecified atom stereocenters. The molecule has 0 bridgehead atoms. The van der Waals surface area contributed by atoms with Gasteiger partial charge in [0.1, 0.15) is 0 Å². The van der Waals surface area contributed by atoms with E-state index in [1.165, 1.54) is 0 Å². The van der Waals surface area contributed by atoms with E-state index in [4.69, 9.17) is 5.73 Å². The Bertz CT molecular complexity index is 274. The molecule has 1 heterocycles. The maximum Gasteiger partial charge on any atom is 0.226 e. The van der Waals surface area contributed by atoms with Gasteiger partial charge in [-0.25, -0.2) is 0 Å². The average Bonchev–Trinajstić information content (AvgIpc) is 2.80. The molecule has 1 aliphatic heterocycles. The lowest BCUT2D eigenvalue weighted by molar-refractivity contribution is -0.121. The van der Waals surface area contributed by atoms with Gasteiger partial charge in [0.15, 0.2) is 0 Å². The smallest absolute Gasteiger partial charge is 0.226 e. The highest BCUT2D eigenvalue weighted by Gasteiger charge is 2.60. The van der Waals surface area contributed by atoms with Gasteiger partial charge >= 0.3 is 0 Å². The molecule has 0 radical (unpaired) electrons. The average molecular weight is 180 g/mol. The number of hydrogen-bond donors (Lipinski definition) is 1. The summed E-state index contributed by atoms with van der Waals surface area (Å²) < 4.78 is 0. The molecule has 13 heavy (non-hydrogen) atoms. The predicted octanol–water partition coefficient (Wildman–Crippen LogP) is 0.977. The minimum Gasteiger partial charge on any atom is -0.369 e. The summed E-state index contributed by atoms with van der Waals surface area (Å²) in [6.07, 6.45) is 4.02. The standard InChI is InChI=1S/C10H16N2O/c1-3-10-4-8(10)12-5-7(6(10)2)9(11)13/h5-8H,3-4H2,1-2H3,(H2,11,13). The lowest BCUT2D eigenvalue weighted by Gasteiger charge is -2.29. The van der Waals surface area contributed by atoms with Crippen molar-refractivity contribution < 1.29 is 4.79 Å². The SMILES string of the molecule is CCC12CC1N=CC(C(N)=O)C2C. The van der Waals surface area contributed by atoms with Crippen LogP contribution in [0.4, 0.5) is 0 Å². The van der Waals surface area contributed by atoms with Crippen molar-refractivity contribution in [2.45, 2.75) is 32.7 Å². The highest BCUT2D eigenvalue weighted by Crippen LogP contribution is 2.60. The molecule has 0 aromatic heterocycles. The fraction of sp³-hybridized carbons (Fsp3) is 0.800. The van der Waals surface area contributed by atoms with Gasteiger partial charge in [-0.2, -0.15) is 0 Å². The number of carbonyl (C=O) groups excluding carboxylic acids is 1. The monoisotopic (exact) mass is 180 g/mol. The van der Waals surface area contributed by atoms with E-state index in [-0.39, 0.29) is 11.8 Å². The second-order valence-electron chi connectivity index (χ2n) is 4.32. The number of amides is 1. The Hall–Kier alpha value is -0.860. The third kappa shape index (κ3) is 1.02. The molecule has 1 fully saturated rings. The molecule has 3 nitrogen and oxygen atoms in total. The highest BCUT2D eigenvalue weighted by atomic mass is 16.1. The van der Waals surface area contributed by atoms with Crippen molar-refractivity contribution in [3.8, 4) is 0 Å². The molecule has 1 aliphatic carbocycles. The van der Waals surface area contributed by atoms with Gasteiger partial charge in [-0.3, -0.25) is 9.79 Å². The summed E-state index contributed by atoms with van der Waals surface area (Å²) in [6.45, 7) is 4.31. The van der Waals surface area contributed by atoms with E-state index < -0.39 is 0 Å². The quantitative estimate of drug-likeness (QED) is 0.676. The summed E-state index contributed by atoms with van der Waals surface area (Å²) >= 11 is 0. The van der Waals surface area contributed by atoms with Crippen LogP contribution in [0.5, 0.6) is 0 Å². The Balaban J connectivity index is 2.24. The highest BCUT2D eigenvalue weighted by molar-refractivity contribution is 5.93. The van der Waals surface area contributed by atoms with Gasteiger partial charge in [0.2, 0.25) is 5.91 Å². The number of rotatable bonds is 2. The molecule has 2 N–H and O–H groups in total. The number of carbonyl (C=O) groups is 1. The molecule has 2 rings (SSSR count). The summed E-state index contributed by atoms with van der Waals surface area (Å²) in [5, 5.41) is 0. The summed E-state index contributed by atoms with van der Waals surface area (Å²) in [4.78, 5) is 15.5. The van der Waals surface area contributed by atoms with Crippen molar-refractivity contribution in [2.24, 2.45) is 28.0 Å². The molecule has 0 aromatic rings. The van der Waals surface area contributed by atoms with Crippen molar-refractivity contribution in [3.05, 3.63) is 0 Å². The normalized spacial score (nSPS) is 47.1. The molecule has 1 saturated carbocycles. The van der Waals surface area contributed by atoms with Crippen molar-refractivity contribution in [3.63, 3.8) is 0 Å². The van der Waals surface area contributed by atoms with Crippen LogP contribution in [0, 0.1) is 17.3 Å². The van der Waals surface area contributed by atoms with Crippen LogP contribution in [0.15, 0.2) is 4.99 Å². The fourth-order valence-electron chi connectivity index (χ4n) is 2.70. The van der Waals surface area contributed by atoms with E-state index in [0.29, 0.717) is 17.4 Å². The van der Waals surface area contributed by atoms with Crippen LogP contribution in [0.25, 0.3) is 0 Å². The molecule has 3 heteroatoms. The Kier molecular flexibility index (Phi) is 1.72. The lowest BCUT2D eigenvalue weighted by Crippen LogP contribution is -2.37. The number of hydrogen-bond acceptors (Lipinski definition) is 2. The Morgan fingerprint density at radius 2 is 2.46 bits per heavy atom. The van der Waals surface area contributed by atoms with Crippen LogP contribution in [-0.2, 0) is 4.79 Å². The molecule has 2 aliphatic rings. The number of nitrogens with two attached hydrogens (primary N) is 1. The largest absolute Gasteiger partial charge is 0.369 e. The zero-order valence-electron chi connectivity index (χ0n) is 8.16. The van der Waals surface area contributed by atoms with Crippen molar-refractivity contribution in [2.75, 3.05) is 0 Å². The van der Waals surface area contributed by atoms with Crippen molar-refractivity contribution in [1.82, 2.24) is 0 Å². The summed E-state index contributed by atoms with van der Waals surface area (Å²) in [6, 6.07) is 0.475. The molecule has 4 atom stereocenters. The summed E-state index contributed by atoms with van der Waals surface area (Å²) in [5.41, 5.74) is 5.62. The summed E-state index contributed by atoms with van der Waals surface area (Å²) in [5.74, 6) is 0.00521. The number of primary amides is 1. The Morgan fingerprint density at radius 3 is 3.00 bits per heavy atom. The van der Waals surface area contributed by atoms with Gasteiger partial charge in [-0.15, -0.1) is 0 Å². The van der Waals surface area contributed by atoms with Crippen LogP contribution >= 0.6 is 0 Å². The summed E-state index contributed by atoms with van der Waals surface area (Å²) in [7, 11) is 0. The molecular formula is C10H16N2O. The second kappa shape index (κ2) is 2.56. The van der Waals surface area contributed by atoms with Crippen molar-refractivity contribution in [1.29, 1.82) is 0 Å². The van der Waals surface area contributed by atoms with Gasteiger partial charge in [0, 0.05) is 6.21 Å². The molecule has 0 spiro atoms. The topological polar surface area (TPSA) is 55.4 Å². The predicted molar refractivity (Wildman–Crippen MR) is 51.5 cm³/mol. The fourth-order valence-corrected chi connectivity index (χ4v) is 2.70. The number of nitrogens with zero attached hydrogens (tertiary/aromatic N) is 1. The molecular weight excluding hydrogens is 164 g/mol. The first-order valence-electron chi connectivity index (χ1n) is 4.94. The zero-order valence-corrected chi connectivity index (χ0v) is 8.16. The second-order valence-corrected chi connectivity index (χ2v) is 4.32. The minimum absolute atomic E-state index is 0.140. The Labute approximate surface area is 78.4 Å². The van der Waals surface area contributed by atoms with Crippen LogP contribution < -0.4 is 5.73 Å². The van der Waals surface area contributed by atoms with E-state index in [1.807, 2.05) is 0 Å². The van der Waals surface area contributed by atoms with Crippen LogP contribution in [0.1, 0.15) is 26.7 Å². The number of aliphatic imine (C=N–C) groups is 1. The maximum atomic E-state index is 11.1. The van der Waals surface area contributed by atoms with Crippen LogP contribution in [-0.4, -0.2) is 18.2 Å². The first kappa shape index (κ1) is 8.73. The van der Waals surface area contributed by atoms with Gasteiger partial charge in [-0.05, 0) is 24.2 Å². The van der Waals surface area contributed by atoms with Crippen LogP contribution in [0.2, 0.25) is 0 Å². The first-order chi connectivity index (χ1) is 6.12. The van der Waals surface area contributed by atoms with Gasteiger partial charge in [0.25, 0.3) is 0 Å². The van der Waals surface area contributed by atoms with Gasteiger partial charge in [0.05, 0.1) is 12.0 Å². The zero-order chi connectivity index (χ0) is 9.64. The third-order valence-corrected chi connectivity index (χ3v) is 3.94. The van der Waals surface area contributed by atoms with E-state index in [1.54, 1.807) is 6.21 Å². The number of fused-ring (bicyclic) bond motifs is 1. The molecule has 72 valence electrons. The van der Waals surface area contributed by atoms with E-state index in [0.717, 1.165) is 12.8 Å². The molecule has 1 amide bonds. The van der Waals surface area contributed by atoms with E-state index in [2.05, 4.69) is 18.8 Å². The maximum absolute atomic E-state index is 11.1. The van der Waals surface area contributed by atoms with Crippen LogP contribution in [0.3, 0.4) is 0 Å². The van der Waals surface area contributed by atoms with Crippen molar-refractivity contribution >= 4 is 12.1 Å². The third-order valence-electron chi connectivity index (χ3n) is 3.94. The molecule has 0 aromatic carbocycles. The molecule has 0 saturated heterocycles. The van der Waals surface area contributed by atoms with Gasteiger partial charge in [-0.1, -0.05) is 13.8 Å². The van der Waals surface area contributed by atoms with E-state index in [9.17, 15) is 4.79 Å². The van der Waals surface area contributed by atoms with Gasteiger partial charge < -0.3 is 5.73 Å². The first-order valence-corrected chi connectivity index (χ1v) is 4.94.